The zero-order valence-corrected chi connectivity index (χ0v) is 9.27. The van der Waals surface area contributed by atoms with E-state index in [0.29, 0.717) is 11.1 Å². The van der Waals surface area contributed by atoms with Gasteiger partial charge in [-0.15, -0.1) is 0 Å². The molecule has 0 bridgehead atoms. The molecule has 1 aromatic heterocycles. The molecule has 1 aliphatic rings. The molecule has 0 unspecified atom stereocenters. The summed E-state index contributed by atoms with van der Waals surface area (Å²) in [5.74, 6) is 0.882. The molecule has 0 radical (unpaired) electrons. The average molecular weight is 207 g/mol. The molecule has 4 heteroatoms. The molecule has 1 saturated heterocycles. The van der Waals surface area contributed by atoms with Gasteiger partial charge in [-0.1, -0.05) is 13.8 Å². The Labute approximate surface area is 90.0 Å². The van der Waals surface area contributed by atoms with E-state index in [1.807, 2.05) is 0 Å². The van der Waals surface area contributed by atoms with Gasteiger partial charge in [0.15, 0.2) is 0 Å². The molecule has 4 nitrogen and oxygen atoms in total. The van der Waals surface area contributed by atoms with Gasteiger partial charge in [0.1, 0.15) is 5.82 Å². The van der Waals surface area contributed by atoms with Gasteiger partial charge in [0.25, 0.3) is 0 Å². The quantitative estimate of drug-likeness (QED) is 0.791. The number of aliphatic hydroxyl groups excluding tert-OH is 1. The molecule has 15 heavy (non-hydrogen) atoms. The molecule has 1 N–H and O–H groups in total. The average Bonchev–Trinajstić information content (AvgIpc) is 2.59. The summed E-state index contributed by atoms with van der Waals surface area (Å²) in [6, 6.07) is 0. The summed E-state index contributed by atoms with van der Waals surface area (Å²) in [5, 5.41) is 8.99. The van der Waals surface area contributed by atoms with Crippen LogP contribution in [0.4, 0.5) is 5.82 Å². The molecule has 0 atom stereocenters. The first-order valence-corrected chi connectivity index (χ1v) is 5.27. The SMILES string of the molecule is CC1(C)CCN(c2cncc(CO)n2)C1. The molecule has 1 aliphatic heterocycles. The summed E-state index contributed by atoms with van der Waals surface area (Å²) in [6.07, 6.45) is 4.54. The van der Waals surface area contributed by atoms with Crippen LogP contribution >= 0.6 is 0 Å². The van der Waals surface area contributed by atoms with Gasteiger partial charge in [-0.2, -0.15) is 0 Å². The van der Waals surface area contributed by atoms with E-state index in [2.05, 4.69) is 28.7 Å². The van der Waals surface area contributed by atoms with E-state index in [-0.39, 0.29) is 6.61 Å². The predicted molar refractivity (Wildman–Crippen MR) is 58.6 cm³/mol. The normalized spacial score (nSPS) is 19.5. The highest BCUT2D eigenvalue weighted by atomic mass is 16.3. The van der Waals surface area contributed by atoms with E-state index in [9.17, 15) is 0 Å². The van der Waals surface area contributed by atoms with Crippen molar-refractivity contribution in [1.82, 2.24) is 9.97 Å². The standard InChI is InChI=1S/C11H17N3O/c1-11(2)3-4-14(8-11)10-6-12-5-9(7-15)13-10/h5-6,15H,3-4,7-8H2,1-2H3. The smallest absolute Gasteiger partial charge is 0.147 e. The van der Waals surface area contributed by atoms with Gasteiger partial charge >= 0.3 is 0 Å². The van der Waals surface area contributed by atoms with Gasteiger partial charge in [-0.05, 0) is 11.8 Å². The molecular weight excluding hydrogens is 190 g/mol. The topological polar surface area (TPSA) is 49.2 Å². The van der Waals surface area contributed by atoms with Gasteiger partial charge in [0.2, 0.25) is 0 Å². The van der Waals surface area contributed by atoms with Gasteiger partial charge in [0, 0.05) is 13.1 Å². The first-order chi connectivity index (χ1) is 7.11. The zero-order chi connectivity index (χ0) is 10.9. The van der Waals surface area contributed by atoms with E-state index < -0.39 is 0 Å². The molecule has 2 heterocycles. The Morgan fingerprint density at radius 1 is 1.47 bits per heavy atom. The van der Waals surface area contributed by atoms with Crippen molar-refractivity contribution in [3.8, 4) is 0 Å². The molecule has 2 rings (SSSR count). The van der Waals surface area contributed by atoms with Crippen LogP contribution in [0.3, 0.4) is 0 Å². The Kier molecular flexibility index (Phi) is 2.61. The van der Waals surface area contributed by atoms with Crippen LogP contribution in [0.2, 0.25) is 0 Å². The van der Waals surface area contributed by atoms with Crippen LogP contribution in [0.25, 0.3) is 0 Å². The van der Waals surface area contributed by atoms with Crippen molar-refractivity contribution < 1.29 is 5.11 Å². The largest absolute Gasteiger partial charge is 0.390 e. The second-order valence-corrected chi connectivity index (χ2v) is 4.86. The second kappa shape index (κ2) is 3.77. The van der Waals surface area contributed by atoms with Crippen molar-refractivity contribution in [2.45, 2.75) is 26.9 Å². The second-order valence-electron chi connectivity index (χ2n) is 4.86. The number of anilines is 1. The van der Waals surface area contributed by atoms with E-state index in [1.54, 1.807) is 12.4 Å². The highest BCUT2D eigenvalue weighted by Crippen LogP contribution is 2.31. The Balaban J connectivity index is 2.16. The summed E-state index contributed by atoms with van der Waals surface area (Å²) in [4.78, 5) is 10.7. The van der Waals surface area contributed by atoms with E-state index in [4.69, 9.17) is 5.11 Å². The lowest BCUT2D eigenvalue weighted by atomic mass is 9.93. The maximum atomic E-state index is 8.99. The Bertz CT molecular complexity index is 351. The fourth-order valence-electron chi connectivity index (χ4n) is 1.93. The van der Waals surface area contributed by atoms with Crippen LogP contribution in [0.1, 0.15) is 26.0 Å². The third-order valence-corrected chi connectivity index (χ3v) is 2.84. The summed E-state index contributed by atoms with van der Waals surface area (Å²) in [7, 11) is 0. The van der Waals surface area contributed by atoms with Crippen molar-refractivity contribution in [2.75, 3.05) is 18.0 Å². The van der Waals surface area contributed by atoms with Crippen LogP contribution < -0.4 is 4.90 Å². The molecule has 82 valence electrons. The molecule has 0 saturated carbocycles. The van der Waals surface area contributed by atoms with Crippen molar-refractivity contribution in [2.24, 2.45) is 5.41 Å². The van der Waals surface area contributed by atoms with Crippen molar-refractivity contribution in [1.29, 1.82) is 0 Å². The maximum absolute atomic E-state index is 8.99. The van der Waals surface area contributed by atoms with Crippen LogP contribution in [0.5, 0.6) is 0 Å². The van der Waals surface area contributed by atoms with Crippen molar-refractivity contribution in [3.63, 3.8) is 0 Å². The number of aromatic nitrogens is 2. The first kappa shape index (κ1) is 10.4. The van der Waals surface area contributed by atoms with Gasteiger partial charge in [-0.3, -0.25) is 4.98 Å². The number of aliphatic hydroxyl groups is 1. The number of rotatable bonds is 2. The van der Waals surface area contributed by atoms with Crippen LogP contribution in [-0.4, -0.2) is 28.2 Å². The summed E-state index contributed by atoms with van der Waals surface area (Å²) < 4.78 is 0. The van der Waals surface area contributed by atoms with Crippen molar-refractivity contribution >= 4 is 5.82 Å². The fourth-order valence-corrected chi connectivity index (χ4v) is 1.93. The predicted octanol–water partition coefficient (Wildman–Crippen LogP) is 1.21. The minimum atomic E-state index is -0.0436. The van der Waals surface area contributed by atoms with Crippen LogP contribution in [-0.2, 0) is 6.61 Å². The van der Waals surface area contributed by atoms with E-state index in [0.717, 1.165) is 18.9 Å². The number of hydrogen-bond acceptors (Lipinski definition) is 4. The lowest BCUT2D eigenvalue weighted by molar-refractivity contribution is 0.276. The maximum Gasteiger partial charge on any atom is 0.147 e. The molecule has 0 amide bonds. The molecule has 0 spiro atoms. The number of nitrogens with zero attached hydrogens (tertiary/aromatic N) is 3. The van der Waals surface area contributed by atoms with Gasteiger partial charge in [0.05, 0.1) is 24.7 Å². The molecular formula is C11H17N3O. The monoisotopic (exact) mass is 207 g/mol. The highest BCUT2D eigenvalue weighted by molar-refractivity contribution is 5.38. The third-order valence-electron chi connectivity index (χ3n) is 2.84. The Morgan fingerprint density at radius 2 is 2.27 bits per heavy atom. The summed E-state index contributed by atoms with van der Waals surface area (Å²) in [5.41, 5.74) is 0.994. The molecule has 1 aromatic rings. The highest BCUT2D eigenvalue weighted by Gasteiger charge is 2.29. The van der Waals surface area contributed by atoms with Crippen LogP contribution in [0, 0.1) is 5.41 Å². The lowest BCUT2D eigenvalue weighted by Gasteiger charge is -2.20. The summed E-state index contributed by atoms with van der Waals surface area (Å²) in [6.45, 7) is 6.51. The lowest BCUT2D eigenvalue weighted by Crippen LogP contribution is -2.24. The molecule has 0 aliphatic carbocycles. The Hall–Kier alpha value is -1.16. The zero-order valence-electron chi connectivity index (χ0n) is 9.27. The van der Waals surface area contributed by atoms with E-state index in [1.165, 1.54) is 6.42 Å². The molecule has 1 fully saturated rings. The van der Waals surface area contributed by atoms with Crippen LogP contribution in [0.15, 0.2) is 12.4 Å². The van der Waals surface area contributed by atoms with E-state index >= 15 is 0 Å². The van der Waals surface area contributed by atoms with Crippen molar-refractivity contribution in [3.05, 3.63) is 18.1 Å². The third kappa shape index (κ3) is 2.26. The van der Waals surface area contributed by atoms with Gasteiger partial charge < -0.3 is 10.0 Å². The first-order valence-electron chi connectivity index (χ1n) is 5.27. The minimum Gasteiger partial charge on any atom is -0.390 e. The van der Waals surface area contributed by atoms with Gasteiger partial charge in [-0.25, -0.2) is 4.98 Å². The summed E-state index contributed by atoms with van der Waals surface area (Å²) >= 11 is 0. The number of hydrogen-bond donors (Lipinski definition) is 1. The minimum absolute atomic E-state index is 0.0436. The Morgan fingerprint density at radius 3 is 2.87 bits per heavy atom. The molecule has 0 aromatic carbocycles. The fraction of sp³-hybridized carbons (Fsp3) is 0.636.